The van der Waals surface area contributed by atoms with Crippen LogP contribution in [0.15, 0.2) is 218 Å². The van der Waals surface area contributed by atoms with Gasteiger partial charge < -0.3 is 0 Å². The normalized spacial score (nSPS) is 12.2. The van der Waals surface area contributed by atoms with Crippen LogP contribution in [0.4, 0.5) is 0 Å². The molecule has 12 nitrogen and oxygen atoms in total. The minimum Gasteiger partial charge on any atom is -0.278 e. The maximum absolute atomic E-state index is 5.33. The molecule has 0 amide bonds. The summed E-state index contributed by atoms with van der Waals surface area (Å²) in [6.07, 6.45) is 0. The molecule has 0 N–H and O–H groups in total. The van der Waals surface area contributed by atoms with Gasteiger partial charge in [0.1, 0.15) is 0 Å². The minimum atomic E-state index is 0.609. The summed E-state index contributed by atoms with van der Waals surface area (Å²) in [7, 11) is 0. The van der Waals surface area contributed by atoms with Gasteiger partial charge in [0.05, 0.1) is 71.9 Å². The molecule has 0 fully saturated rings. The Kier molecular flexibility index (Phi) is 7.61. The van der Waals surface area contributed by atoms with E-state index in [1.54, 1.807) is 0 Å². The average Bonchev–Trinajstić information content (AvgIpc) is 4.30. The Morgan fingerprint density at radius 3 is 0.958 bits per heavy atom. The van der Waals surface area contributed by atoms with Gasteiger partial charge in [-0.3, -0.25) is 26.9 Å². The maximum atomic E-state index is 5.33. The number of imidazole rings is 6. The number of rotatable bonds is 6. The van der Waals surface area contributed by atoms with Gasteiger partial charge in [0.25, 0.3) is 0 Å². The Balaban J connectivity index is 0.837. The van der Waals surface area contributed by atoms with Gasteiger partial charge in [0.2, 0.25) is 17.3 Å². The van der Waals surface area contributed by atoms with E-state index in [1.165, 1.54) is 0 Å². The SMILES string of the molecule is c1ccc2c(c1)nc1n(-c3ccc(-c4nc(-c5ccc(-n6c7ccccc7n7c8ccccc8nc67)cc5)n(-c5ccc(-n6c7ccccc7n7c8ccccc8nc67)cc5)n4)cc3)c3ccccc3n21. The second kappa shape index (κ2) is 14.2. The van der Waals surface area contributed by atoms with Gasteiger partial charge >= 0.3 is 0 Å². The molecule has 0 aliphatic heterocycles. The summed E-state index contributed by atoms with van der Waals surface area (Å²) in [5, 5.41) is 5.29. The van der Waals surface area contributed by atoms with Crippen molar-refractivity contribution in [2.24, 2.45) is 0 Å². The van der Waals surface area contributed by atoms with Crippen LogP contribution in [0.2, 0.25) is 0 Å². The van der Waals surface area contributed by atoms with Crippen LogP contribution < -0.4 is 0 Å². The third-order valence-electron chi connectivity index (χ3n) is 14.0. The molecule has 71 heavy (non-hydrogen) atoms. The van der Waals surface area contributed by atoms with Crippen LogP contribution >= 0.6 is 0 Å². The highest BCUT2D eigenvalue weighted by molar-refractivity contribution is 5.95. The van der Waals surface area contributed by atoms with Crippen LogP contribution in [0.1, 0.15) is 0 Å². The molecule has 0 saturated heterocycles. The van der Waals surface area contributed by atoms with Crippen molar-refractivity contribution in [2.45, 2.75) is 0 Å². The molecule has 0 radical (unpaired) electrons. The quantitative estimate of drug-likeness (QED) is 0.165. The number of fused-ring (bicyclic) bond motifs is 15. The Hall–Kier alpha value is -10.1. The number of benzene rings is 9. The second-order valence-electron chi connectivity index (χ2n) is 18.0. The van der Waals surface area contributed by atoms with Crippen LogP contribution in [0.25, 0.3) is 129 Å². The van der Waals surface area contributed by atoms with Gasteiger partial charge in [-0.05, 0) is 146 Å². The van der Waals surface area contributed by atoms with Crippen LogP contribution in [-0.2, 0) is 0 Å². The molecule has 7 aromatic heterocycles. The lowest BCUT2D eigenvalue weighted by Gasteiger charge is -2.10. The van der Waals surface area contributed by atoms with E-state index < -0.39 is 0 Å². The molecular formula is C59H36N12. The van der Waals surface area contributed by atoms with Crippen LogP contribution in [0.3, 0.4) is 0 Å². The molecule has 16 aromatic rings. The highest BCUT2D eigenvalue weighted by Crippen LogP contribution is 2.35. The monoisotopic (exact) mass is 912 g/mol. The standard InChI is InChI=1S/C59H36N12/c1-4-16-46-43(13-1)60-57-65(49-19-7-10-22-52(49)68(46)57)39-29-25-37(26-30-39)55-63-56(38-27-31-40(32-28-38)66-50-20-8-11-23-53(50)69-47-17-5-2-14-44(47)61-58(66)69)71(64-55)42-35-33-41(34-36-42)67-51-21-9-12-24-54(51)70-48-18-6-3-15-45(48)62-59(67)70/h1-36H. The second-order valence-corrected chi connectivity index (χ2v) is 18.0. The minimum absolute atomic E-state index is 0.609. The zero-order valence-corrected chi connectivity index (χ0v) is 37.7. The van der Waals surface area contributed by atoms with E-state index in [2.05, 4.69) is 227 Å². The van der Waals surface area contributed by atoms with E-state index in [0.717, 1.165) is 117 Å². The van der Waals surface area contributed by atoms with Gasteiger partial charge in [0, 0.05) is 28.2 Å². The van der Waals surface area contributed by atoms with E-state index in [0.29, 0.717) is 11.6 Å². The summed E-state index contributed by atoms with van der Waals surface area (Å²) in [4.78, 5) is 20.7. The molecule has 0 saturated carbocycles. The van der Waals surface area contributed by atoms with E-state index in [4.69, 9.17) is 25.0 Å². The Morgan fingerprint density at radius 1 is 0.254 bits per heavy atom. The number of para-hydroxylation sites is 12. The predicted molar refractivity (Wildman–Crippen MR) is 281 cm³/mol. The molecule has 16 rings (SSSR count). The Labute approximate surface area is 402 Å². The highest BCUT2D eigenvalue weighted by Gasteiger charge is 2.22. The molecule has 0 atom stereocenters. The van der Waals surface area contributed by atoms with Crippen molar-refractivity contribution in [1.82, 2.24) is 56.6 Å². The summed E-state index contributed by atoms with van der Waals surface area (Å²) in [5.74, 6) is 3.91. The predicted octanol–water partition coefficient (Wildman–Crippen LogP) is 12.8. The zero-order valence-electron chi connectivity index (χ0n) is 37.7. The lowest BCUT2D eigenvalue weighted by atomic mass is 10.1. The van der Waals surface area contributed by atoms with Gasteiger partial charge in [0.15, 0.2) is 11.6 Å². The lowest BCUT2D eigenvalue weighted by Crippen LogP contribution is -2.02. The topological polar surface area (TPSA) is 97.4 Å². The van der Waals surface area contributed by atoms with E-state index in [9.17, 15) is 0 Å². The van der Waals surface area contributed by atoms with Crippen LogP contribution in [0.5, 0.6) is 0 Å². The first-order valence-corrected chi connectivity index (χ1v) is 23.6. The fourth-order valence-corrected chi connectivity index (χ4v) is 10.9. The third-order valence-corrected chi connectivity index (χ3v) is 14.0. The maximum Gasteiger partial charge on any atom is 0.220 e. The van der Waals surface area contributed by atoms with Crippen molar-refractivity contribution < 1.29 is 0 Å². The van der Waals surface area contributed by atoms with Crippen molar-refractivity contribution in [1.29, 1.82) is 0 Å². The molecule has 0 aliphatic carbocycles. The molecule has 0 spiro atoms. The summed E-state index contributed by atoms with van der Waals surface area (Å²) in [6.45, 7) is 0. The van der Waals surface area contributed by atoms with E-state index in [-0.39, 0.29) is 0 Å². The van der Waals surface area contributed by atoms with Gasteiger partial charge in [-0.25, -0.2) is 24.6 Å². The van der Waals surface area contributed by atoms with Gasteiger partial charge in [-0.1, -0.05) is 72.8 Å². The molecule has 332 valence electrons. The third kappa shape index (κ3) is 5.35. The highest BCUT2D eigenvalue weighted by atomic mass is 15.4. The van der Waals surface area contributed by atoms with Crippen molar-refractivity contribution in [3.63, 3.8) is 0 Å². The van der Waals surface area contributed by atoms with Crippen molar-refractivity contribution >= 4 is 83.5 Å². The molecule has 0 unspecified atom stereocenters. The van der Waals surface area contributed by atoms with Gasteiger partial charge in [-0.15, -0.1) is 5.10 Å². The summed E-state index contributed by atoms with van der Waals surface area (Å²) in [5.41, 5.74) is 18.3. The van der Waals surface area contributed by atoms with Crippen molar-refractivity contribution in [2.75, 3.05) is 0 Å². The molecule has 7 heterocycles. The average molecular weight is 913 g/mol. The first kappa shape index (κ1) is 38.0. The first-order chi connectivity index (χ1) is 35.2. The molecule has 9 aromatic carbocycles. The zero-order chi connectivity index (χ0) is 46.3. The fourth-order valence-electron chi connectivity index (χ4n) is 10.9. The molecule has 12 heteroatoms. The first-order valence-electron chi connectivity index (χ1n) is 23.6. The molecular weight excluding hydrogens is 877 g/mol. The van der Waals surface area contributed by atoms with E-state index in [1.807, 2.05) is 22.9 Å². The fraction of sp³-hybridized carbons (Fsp3) is 0. The Bertz CT molecular complexity index is 4590. The van der Waals surface area contributed by atoms with Crippen molar-refractivity contribution in [3.8, 4) is 45.5 Å². The molecule has 0 aliphatic rings. The number of nitrogens with zero attached hydrogens (tertiary/aromatic N) is 12. The number of hydrogen-bond donors (Lipinski definition) is 0. The van der Waals surface area contributed by atoms with Crippen LogP contribution in [-0.4, -0.2) is 56.6 Å². The molecule has 0 bridgehead atoms. The number of aromatic nitrogens is 12. The lowest BCUT2D eigenvalue weighted by molar-refractivity contribution is 0.889. The van der Waals surface area contributed by atoms with Crippen molar-refractivity contribution in [3.05, 3.63) is 218 Å². The summed E-state index contributed by atoms with van der Waals surface area (Å²) in [6, 6.07) is 75.8. The smallest absolute Gasteiger partial charge is 0.220 e. The summed E-state index contributed by atoms with van der Waals surface area (Å²) < 4.78 is 15.4. The van der Waals surface area contributed by atoms with E-state index >= 15 is 0 Å². The van der Waals surface area contributed by atoms with Gasteiger partial charge in [-0.2, -0.15) is 0 Å². The largest absolute Gasteiger partial charge is 0.278 e. The number of hydrogen-bond acceptors (Lipinski definition) is 5. The summed E-state index contributed by atoms with van der Waals surface area (Å²) >= 11 is 0. The Morgan fingerprint density at radius 2 is 0.563 bits per heavy atom. The van der Waals surface area contributed by atoms with Crippen LogP contribution in [0, 0.1) is 0 Å².